The van der Waals surface area contributed by atoms with Crippen molar-refractivity contribution in [1.29, 1.82) is 0 Å². The zero-order valence-corrected chi connectivity index (χ0v) is 10.7. The second-order valence-electron chi connectivity index (χ2n) is 4.19. The molecule has 0 spiro atoms. The highest BCUT2D eigenvalue weighted by Gasteiger charge is 2.25. The van der Waals surface area contributed by atoms with Gasteiger partial charge >= 0.3 is 0 Å². The molecular weight excluding hydrogens is 232 g/mol. The van der Waals surface area contributed by atoms with Crippen LogP contribution >= 0.6 is 0 Å². The van der Waals surface area contributed by atoms with E-state index in [4.69, 9.17) is 14.2 Å². The number of aliphatic hydroxyl groups is 1. The summed E-state index contributed by atoms with van der Waals surface area (Å²) in [7, 11) is 3.27. The molecule has 2 rings (SSSR count). The molecule has 0 bridgehead atoms. The lowest BCUT2D eigenvalue weighted by Gasteiger charge is -2.26. The molecule has 1 heterocycles. The van der Waals surface area contributed by atoms with Crippen LogP contribution in [0.4, 0.5) is 0 Å². The lowest BCUT2D eigenvalue weighted by molar-refractivity contribution is -0.115. The van der Waals surface area contributed by atoms with Gasteiger partial charge in [0.1, 0.15) is 11.5 Å². The number of methoxy groups -OCH3 is 2. The van der Waals surface area contributed by atoms with E-state index in [-0.39, 0.29) is 0 Å². The largest absolute Gasteiger partial charge is 0.496 e. The Hall–Kier alpha value is -1.52. The van der Waals surface area contributed by atoms with E-state index in [0.29, 0.717) is 19.4 Å². The lowest BCUT2D eigenvalue weighted by Crippen LogP contribution is -2.23. The second kappa shape index (κ2) is 5.42. The van der Waals surface area contributed by atoms with Gasteiger partial charge in [-0.05, 0) is 12.5 Å². The number of ether oxygens (including phenoxy) is 3. The fourth-order valence-electron chi connectivity index (χ4n) is 2.32. The smallest absolute Gasteiger partial charge is 0.159 e. The molecule has 0 fully saturated rings. The van der Waals surface area contributed by atoms with Gasteiger partial charge in [0.05, 0.1) is 20.8 Å². The first kappa shape index (κ1) is 12.9. The Balaban J connectivity index is 2.58. The Labute approximate surface area is 107 Å². The molecular formula is C14H18O4. The third-order valence-electron chi connectivity index (χ3n) is 3.12. The van der Waals surface area contributed by atoms with E-state index in [1.165, 1.54) is 0 Å². The summed E-state index contributed by atoms with van der Waals surface area (Å²) in [4.78, 5) is 0. The average molecular weight is 250 g/mol. The monoisotopic (exact) mass is 250 g/mol. The molecule has 1 aliphatic rings. The Kier molecular flexibility index (Phi) is 3.89. The molecule has 1 N–H and O–H groups in total. The molecule has 18 heavy (non-hydrogen) atoms. The maximum absolute atomic E-state index is 9.62. The molecule has 1 atom stereocenters. The number of benzene rings is 1. The lowest BCUT2D eigenvalue weighted by atomic mass is 9.95. The molecule has 1 unspecified atom stereocenters. The van der Waals surface area contributed by atoms with Gasteiger partial charge in [0.2, 0.25) is 0 Å². The van der Waals surface area contributed by atoms with Crippen molar-refractivity contribution in [3.63, 3.8) is 0 Å². The number of allylic oxidation sites excluding steroid dienone is 1. The molecule has 0 amide bonds. The van der Waals surface area contributed by atoms with Crippen LogP contribution in [0, 0.1) is 0 Å². The first-order valence-corrected chi connectivity index (χ1v) is 5.87. The fraction of sp³-hybridized carbons (Fsp3) is 0.429. The zero-order valence-electron chi connectivity index (χ0n) is 10.7. The van der Waals surface area contributed by atoms with E-state index in [2.05, 4.69) is 6.58 Å². The summed E-state index contributed by atoms with van der Waals surface area (Å²) in [5.41, 5.74) is 2.93. The highest BCUT2D eigenvalue weighted by molar-refractivity contribution is 5.55. The predicted molar refractivity (Wildman–Crippen MR) is 67.9 cm³/mol. The van der Waals surface area contributed by atoms with Gasteiger partial charge in [-0.2, -0.15) is 0 Å². The SMILES string of the molecule is C=CCc1cc(OC)c2c(c1OC)CC(O)OC2. The molecule has 0 aliphatic carbocycles. The normalized spacial score (nSPS) is 18.1. The predicted octanol–water partition coefficient (Wildman–Crippen LogP) is 1.82. The van der Waals surface area contributed by atoms with Crippen molar-refractivity contribution in [1.82, 2.24) is 0 Å². The van der Waals surface area contributed by atoms with Gasteiger partial charge in [0.25, 0.3) is 0 Å². The molecule has 4 nitrogen and oxygen atoms in total. The van der Waals surface area contributed by atoms with E-state index in [0.717, 1.165) is 28.2 Å². The third-order valence-corrected chi connectivity index (χ3v) is 3.12. The average Bonchev–Trinajstić information content (AvgIpc) is 2.37. The van der Waals surface area contributed by atoms with Crippen molar-refractivity contribution in [2.75, 3.05) is 14.2 Å². The van der Waals surface area contributed by atoms with Crippen molar-refractivity contribution >= 4 is 0 Å². The van der Waals surface area contributed by atoms with Gasteiger partial charge < -0.3 is 19.3 Å². The van der Waals surface area contributed by atoms with Gasteiger partial charge in [-0.15, -0.1) is 6.58 Å². The molecule has 0 radical (unpaired) electrons. The zero-order chi connectivity index (χ0) is 13.1. The van der Waals surface area contributed by atoms with Crippen LogP contribution in [0.5, 0.6) is 11.5 Å². The van der Waals surface area contributed by atoms with Crippen LogP contribution in [-0.4, -0.2) is 25.6 Å². The van der Waals surface area contributed by atoms with Crippen LogP contribution in [0.3, 0.4) is 0 Å². The maximum atomic E-state index is 9.62. The van der Waals surface area contributed by atoms with E-state index in [1.807, 2.05) is 12.1 Å². The Morgan fingerprint density at radius 3 is 2.83 bits per heavy atom. The first-order chi connectivity index (χ1) is 8.71. The van der Waals surface area contributed by atoms with Gasteiger partial charge in [-0.25, -0.2) is 0 Å². The summed E-state index contributed by atoms with van der Waals surface area (Å²) in [5.74, 6) is 1.57. The molecule has 1 aromatic carbocycles. The van der Waals surface area contributed by atoms with Gasteiger partial charge in [-0.3, -0.25) is 0 Å². The Bertz CT molecular complexity index is 454. The Morgan fingerprint density at radius 1 is 1.44 bits per heavy atom. The van der Waals surface area contributed by atoms with Crippen molar-refractivity contribution in [3.8, 4) is 11.5 Å². The fourth-order valence-corrected chi connectivity index (χ4v) is 2.32. The van der Waals surface area contributed by atoms with E-state index < -0.39 is 6.29 Å². The van der Waals surface area contributed by atoms with Gasteiger partial charge in [0, 0.05) is 23.1 Å². The van der Waals surface area contributed by atoms with Crippen LogP contribution < -0.4 is 9.47 Å². The first-order valence-electron chi connectivity index (χ1n) is 5.87. The molecule has 0 aromatic heterocycles. The number of fused-ring (bicyclic) bond motifs is 1. The molecule has 0 saturated heterocycles. The van der Waals surface area contributed by atoms with Crippen LogP contribution in [-0.2, 0) is 24.2 Å². The minimum atomic E-state index is -0.782. The summed E-state index contributed by atoms with van der Waals surface area (Å²) in [6, 6.07) is 1.94. The van der Waals surface area contributed by atoms with E-state index >= 15 is 0 Å². The minimum absolute atomic E-state index is 0.338. The quantitative estimate of drug-likeness (QED) is 0.828. The second-order valence-corrected chi connectivity index (χ2v) is 4.19. The summed E-state index contributed by atoms with van der Waals surface area (Å²) >= 11 is 0. The van der Waals surface area contributed by atoms with Crippen molar-refractivity contribution in [2.45, 2.75) is 25.7 Å². The minimum Gasteiger partial charge on any atom is -0.496 e. The maximum Gasteiger partial charge on any atom is 0.159 e. The topological polar surface area (TPSA) is 47.9 Å². The summed E-state index contributed by atoms with van der Waals surface area (Å²) in [6.07, 6.45) is 2.15. The number of aliphatic hydroxyl groups excluding tert-OH is 1. The summed E-state index contributed by atoms with van der Waals surface area (Å²) in [6.45, 7) is 4.08. The standard InChI is InChI=1S/C14H18O4/c1-4-5-9-6-12(16-2)11-8-18-13(15)7-10(11)14(9)17-3/h4,6,13,15H,1,5,7-8H2,2-3H3. The molecule has 4 heteroatoms. The van der Waals surface area contributed by atoms with E-state index in [9.17, 15) is 5.11 Å². The van der Waals surface area contributed by atoms with Crippen LogP contribution in [0.25, 0.3) is 0 Å². The number of hydrogen-bond acceptors (Lipinski definition) is 4. The molecule has 98 valence electrons. The summed E-state index contributed by atoms with van der Waals surface area (Å²) < 4.78 is 16.1. The summed E-state index contributed by atoms with van der Waals surface area (Å²) in [5, 5.41) is 9.62. The van der Waals surface area contributed by atoms with Crippen molar-refractivity contribution in [3.05, 3.63) is 35.4 Å². The number of hydrogen-bond donors (Lipinski definition) is 1. The molecule has 0 saturated carbocycles. The van der Waals surface area contributed by atoms with Crippen LogP contribution in [0.15, 0.2) is 18.7 Å². The third kappa shape index (κ3) is 2.21. The Morgan fingerprint density at radius 2 is 2.22 bits per heavy atom. The highest BCUT2D eigenvalue weighted by Crippen LogP contribution is 2.38. The van der Waals surface area contributed by atoms with Crippen molar-refractivity contribution < 1.29 is 19.3 Å². The van der Waals surface area contributed by atoms with Gasteiger partial charge in [0.15, 0.2) is 6.29 Å². The van der Waals surface area contributed by atoms with E-state index in [1.54, 1.807) is 14.2 Å². The van der Waals surface area contributed by atoms with Gasteiger partial charge in [-0.1, -0.05) is 6.08 Å². The highest BCUT2D eigenvalue weighted by atomic mass is 16.6. The molecule has 1 aromatic rings. The van der Waals surface area contributed by atoms with Crippen molar-refractivity contribution in [2.24, 2.45) is 0 Å². The number of rotatable bonds is 4. The van der Waals surface area contributed by atoms with Crippen LogP contribution in [0.2, 0.25) is 0 Å². The molecule has 1 aliphatic heterocycles. The van der Waals surface area contributed by atoms with Crippen LogP contribution in [0.1, 0.15) is 16.7 Å².